The zero-order valence-corrected chi connectivity index (χ0v) is 38.0. The maximum absolute atomic E-state index is 12.6. The number of hydrogen-bond acceptors (Lipinski definition) is 8. The van der Waals surface area contributed by atoms with Gasteiger partial charge in [-0.05, 0) is 44.9 Å². The van der Waals surface area contributed by atoms with Crippen LogP contribution in [-0.2, 0) is 27.9 Å². The van der Waals surface area contributed by atoms with Gasteiger partial charge in [0.1, 0.15) is 12.2 Å². The lowest BCUT2D eigenvalue weighted by atomic mass is 10.0. The molecule has 57 heavy (non-hydrogen) atoms. The molecule has 0 radical (unpaired) electrons. The highest BCUT2D eigenvalue weighted by molar-refractivity contribution is 7.47. The number of carbonyl (C=O) groups is 1. The van der Waals surface area contributed by atoms with Gasteiger partial charge in [0.25, 0.3) is 0 Å². The van der Waals surface area contributed by atoms with Gasteiger partial charge < -0.3 is 24.6 Å². The standard InChI is InChI=1S/C47H91O9P/c1-3-5-7-9-11-13-15-17-19-20-21-22-23-24-25-27-29-31-33-35-37-39-47(50)56-46(44-55-57(51,52)54-42-45(49)41-48)43-53-40-38-36-34-32-30-28-26-18-16-14-12-10-8-6-4-2/h15,17,20-21,45-46,48-49H,3-14,16,18-19,22-44H2,1-2H3,(H,51,52)/b17-15-,21-20-. The molecule has 3 unspecified atom stereocenters. The molecule has 0 aromatic heterocycles. The van der Waals surface area contributed by atoms with E-state index in [1.54, 1.807) is 0 Å². The van der Waals surface area contributed by atoms with E-state index in [0.717, 1.165) is 38.5 Å². The summed E-state index contributed by atoms with van der Waals surface area (Å²) in [7, 11) is -4.52. The fourth-order valence-corrected chi connectivity index (χ4v) is 7.53. The van der Waals surface area contributed by atoms with Crippen molar-refractivity contribution in [2.45, 2.75) is 238 Å². The van der Waals surface area contributed by atoms with E-state index in [1.165, 1.54) is 167 Å². The summed E-state index contributed by atoms with van der Waals surface area (Å²) < 4.78 is 33.4. The Morgan fingerprint density at radius 1 is 0.544 bits per heavy atom. The topological polar surface area (TPSA) is 132 Å². The summed E-state index contributed by atoms with van der Waals surface area (Å²) in [6, 6.07) is 0. The number of unbranched alkanes of at least 4 members (excludes halogenated alkanes) is 28. The van der Waals surface area contributed by atoms with E-state index in [1.807, 2.05) is 0 Å². The number of ether oxygens (including phenoxy) is 2. The molecule has 0 heterocycles. The highest BCUT2D eigenvalue weighted by Gasteiger charge is 2.26. The number of phosphoric ester groups is 1. The van der Waals surface area contributed by atoms with Crippen LogP contribution in [0, 0.1) is 0 Å². The van der Waals surface area contributed by atoms with E-state index < -0.39 is 33.2 Å². The second-order valence-corrected chi connectivity index (χ2v) is 17.6. The van der Waals surface area contributed by atoms with Gasteiger partial charge in [0.2, 0.25) is 0 Å². The quantitative estimate of drug-likeness (QED) is 0.0237. The fraction of sp³-hybridized carbons (Fsp3) is 0.894. The number of hydrogen-bond donors (Lipinski definition) is 3. The Kier molecular flexibility index (Phi) is 43.7. The molecule has 0 rings (SSSR count). The maximum atomic E-state index is 12.6. The van der Waals surface area contributed by atoms with Crippen LogP contribution in [0.1, 0.15) is 226 Å². The second kappa shape index (κ2) is 44.5. The van der Waals surface area contributed by atoms with Crippen molar-refractivity contribution in [2.75, 3.05) is 33.0 Å². The Morgan fingerprint density at radius 3 is 1.40 bits per heavy atom. The minimum Gasteiger partial charge on any atom is -0.457 e. The Balaban J connectivity index is 4.09. The molecule has 0 saturated heterocycles. The number of rotatable bonds is 46. The zero-order chi connectivity index (χ0) is 41.8. The third kappa shape index (κ3) is 44.3. The Hall–Kier alpha value is -1.06. The lowest BCUT2D eigenvalue weighted by Gasteiger charge is -2.20. The van der Waals surface area contributed by atoms with Gasteiger partial charge in [-0.15, -0.1) is 0 Å². The molecule has 0 aromatic carbocycles. The summed E-state index contributed by atoms with van der Waals surface area (Å²) in [4.78, 5) is 22.6. The first-order valence-corrected chi connectivity index (χ1v) is 25.3. The zero-order valence-electron chi connectivity index (χ0n) is 37.1. The van der Waals surface area contributed by atoms with Gasteiger partial charge >= 0.3 is 13.8 Å². The summed E-state index contributed by atoms with van der Waals surface area (Å²) in [6.45, 7) is 3.55. The van der Waals surface area contributed by atoms with E-state index in [4.69, 9.17) is 23.6 Å². The van der Waals surface area contributed by atoms with E-state index in [2.05, 4.69) is 38.2 Å². The summed E-state index contributed by atoms with van der Waals surface area (Å²) in [5, 5.41) is 18.4. The van der Waals surface area contributed by atoms with Crippen LogP contribution < -0.4 is 0 Å². The van der Waals surface area contributed by atoms with Crippen molar-refractivity contribution in [2.24, 2.45) is 0 Å². The van der Waals surface area contributed by atoms with E-state index in [0.29, 0.717) is 6.61 Å². The van der Waals surface area contributed by atoms with Crippen molar-refractivity contribution in [1.29, 1.82) is 0 Å². The fourth-order valence-electron chi connectivity index (χ4n) is 6.74. The molecular formula is C47H91O9P. The smallest absolute Gasteiger partial charge is 0.457 e. The number of esters is 1. The van der Waals surface area contributed by atoms with Gasteiger partial charge in [-0.2, -0.15) is 0 Å². The van der Waals surface area contributed by atoms with Crippen LogP contribution in [0.4, 0.5) is 0 Å². The highest BCUT2D eigenvalue weighted by atomic mass is 31.2. The van der Waals surface area contributed by atoms with Crippen molar-refractivity contribution in [3.8, 4) is 0 Å². The molecule has 10 heteroatoms. The van der Waals surface area contributed by atoms with Crippen LogP contribution in [0.15, 0.2) is 24.3 Å². The van der Waals surface area contributed by atoms with Gasteiger partial charge in [-0.1, -0.05) is 199 Å². The minimum atomic E-state index is -4.52. The van der Waals surface area contributed by atoms with Crippen molar-refractivity contribution in [1.82, 2.24) is 0 Å². The van der Waals surface area contributed by atoms with E-state index in [-0.39, 0.29) is 25.6 Å². The SMILES string of the molecule is CCCCCCC/C=C\C/C=C\CCCCCCCCCCCC(=O)OC(COCCCCCCCCCCCCCCCCC)COP(=O)(O)OCC(O)CO. The predicted octanol–water partition coefficient (Wildman–Crippen LogP) is 13.4. The highest BCUT2D eigenvalue weighted by Crippen LogP contribution is 2.43. The summed E-state index contributed by atoms with van der Waals surface area (Å²) in [5.41, 5.74) is 0. The molecule has 0 spiro atoms. The first-order valence-electron chi connectivity index (χ1n) is 23.8. The molecule has 0 saturated carbocycles. The van der Waals surface area contributed by atoms with Crippen molar-refractivity contribution < 1.29 is 43.0 Å². The number of aliphatic hydroxyl groups excluding tert-OH is 2. The number of phosphoric acid groups is 1. The molecule has 3 atom stereocenters. The van der Waals surface area contributed by atoms with Gasteiger partial charge in [-0.3, -0.25) is 13.8 Å². The van der Waals surface area contributed by atoms with Crippen LogP contribution in [0.5, 0.6) is 0 Å². The number of aliphatic hydroxyl groups is 2. The Bertz CT molecular complexity index is 944. The van der Waals surface area contributed by atoms with Crippen molar-refractivity contribution in [3.63, 3.8) is 0 Å². The molecule has 0 aliphatic rings. The van der Waals surface area contributed by atoms with Gasteiger partial charge in [0.05, 0.1) is 26.4 Å². The third-order valence-electron chi connectivity index (χ3n) is 10.4. The molecule has 0 fully saturated rings. The van der Waals surface area contributed by atoms with E-state index >= 15 is 0 Å². The van der Waals surface area contributed by atoms with Crippen LogP contribution in [0.3, 0.4) is 0 Å². The van der Waals surface area contributed by atoms with Crippen molar-refractivity contribution >= 4 is 13.8 Å². The molecule has 0 aliphatic heterocycles. The summed E-state index contributed by atoms with van der Waals surface area (Å²) in [5.74, 6) is -0.383. The van der Waals surface area contributed by atoms with Gasteiger partial charge in [0.15, 0.2) is 0 Å². The van der Waals surface area contributed by atoms with Crippen LogP contribution >= 0.6 is 7.82 Å². The average Bonchev–Trinajstić information content (AvgIpc) is 3.20. The molecule has 338 valence electrons. The monoisotopic (exact) mass is 831 g/mol. The second-order valence-electron chi connectivity index (χ2n) is 16.1. The Labute approximate surface area is 351 Å². The molecule has 9 nitrogen and oxygen atoms in total. The summed E-state index contributed by atoms with van der Waals surface area (Å²) >= 11 is 0. The average molecular weight is 831 g/mol. The molecule has 0 aromatic rings. The minimum absolute atomic E-state index is 0.0521. The van der Waals surface area contributed by atoms with Gasteiger partial charge in [0, 0.05) is 13.0 Å². The summed E-state index contributed by atoms with van der Waals surface area (Å²) in [6.07, 6.45) is 47.0. The normalized spacial score (nSPS) is 14.1. The first kappa shape index (κ1) is 55.9. The molecule has 0 amide bonds. The van der Waals surface area contributed by atoms with E-state index in [9.17, 15) is 19.4 Å². The van der Waals surface area contributed by atoms with Crippen molar-refractivity contribution in [3.05, 3.63) is 24.3 Å². The number of carbonyl (C=O) groups excluding carboxylic acids is 1. The van der Waals surface area contributed by atoms with Crippen LogP contribution in [0.25, 0.3) is 0 Å². The molecule has 0 aliphatic carbocycles. The lowest BCUT2D eigenvalue weighted by molar-refractivity contribution is -0.154. The lowest BCUT2D eigenvalue weighted by Crippen LogP contribution is -2.29. The predicted molar refractivity (Wildman–Crippen MR) is 238 cm³/mol. The van der Waals surface area contributed by atoms with Crippen LogP contribution in [0.2, 0.25) is 0 Å². The maximum Gasteiger partial charge on any atom is 0.472 e. The van der Waals surface area contributed by atoms with Gasteiger partial charge in [-0.25, -0.2) is 4.57 Å². The largest absolute Gasteiger partial charge is 0.472 e. The number of allylic oxidation sites excluding steroid dienone is 4. The first-order chi connectivity index (χ1) is 27.8. The molecular weight excluding hydrogens is 739 g/mol. The molecule has 3 N–H and O–H groups in total. The Morgan fingerprint density at radius 2 is 0.947 bits per heavy atom. The van der Waals surface area contributed by atoms with Crippen LogP contribution in [-0.4, -0.2) is 66.3 Å². The third-order valence-corrected chi connectivity index (χ3v) is 11.3. The molecule has 0 bridgehead atoms.